The second-order valence-electron chi connectivity index (χ2n) is 7.00. The third-order valence-corrected chi connectivity index (χ3v) is 4.98. The summed E-state index contributed by atoms with van der Waals surface area (Å²) in [6.07, 6.45) is 1.54. The fraction of sp³-hybridized carbons (Fsp3) is 0.526. The van der Waals surface area contributed by atoms with Crippen LogP contribution in [0.15, 0.2) is 22.7 Å². The van der Waals surface area contributed by atoms with Crippen LogP contribution in [0.5, 0.6) is 0 Å². The number of halogens is 1. The van der Waals surface area contributed by atoms with Crippen LogP contribution in [-0.4, -0.2) is 42.3 Å². The number of carbonyl (C=O) groups is 3. The van der Waals surface area contributed by atoms with Gasteiger partial charge in [-0.1, -0.05) is 29.8 Å². The number of aryl methyl sites for hydroxylation is 1. The number of likely N-dealkylation sites (tertiary alicyclic amines) is 1. The van der Waals surface area contributed by atoms with Crippen molar-refractivity contribution >= 4 is 39.3 Å². The normalized spacial score (nSPS) is 17.1. The lowest BCUT2D eigenvalue weighted by molar-refractivity contribution is -0.138. The van der Waals surface area contributed by atoms with Crippen LogP contribution >= 0.6 is 15.9 Å². The van der Waals surface area contributed by atoms with Crippen LogP contribution in [0.2, 0.25) is 0 Å². The van der Waals surface area contributed by atoms with Crippen molar-refractivity contribution < 1.29 is 14.4 Å². The van der Waals surface area contributed by atoms with E-state index in [2.05, 4.69) is 26.6 Å². The van der Waals surface area contributed by atoms with Gasteiger partial charge in [0.2, 0.25) is 17.7 Å². The Bertz CT molecular complexity index is 691. The summed E-state index contributed by atoms with van der Waals surface area (Å²) in [5.74, 6) is -0.694. The van der Waals surface area contributed by atoms with Gasteiger partial charge in [-0.25, -0.2) is 0 Å². The van der Waals surface area contributed by atoms with Gasteiger partial charge in [0.25, 0.3) is 0 Å². The number of rotatable bonds is 5. The zero-order valence-corrected chi connectivity index (χ0v) is 17.1. The number of nitrogens with one attached hydrogen (secondary N) is 2. The van der Waals surface area contributed by atoms with Crippen molar-refractivity contribution in [1.82, 2.24) is 10.2 Å². The maximum absolute atomic E-state index is 12.4. The molecule has 1 aliphatic heterocycles. The molecule has 0 saturated carbocycles. The summed E-state index contributed by atoms with van der Waals surface area (Å²) in [7, 11) is 0. The molecule has 0 spiro atoms. The van der Waals surface area contributed by atoms with Gasteiger partial charge in [-0.05, 0) is 43.5 Å². The van der Waals surface area contributed by atoms with Gasteiger partial charge in [0.15, 0.2) is 0 Å². The summed E-state index contributed by atoms with van der Waals surface area (Å²) in [4.78, 5) is 38.3. The standard InChI is InChI=1S/C19H26BrN3O3/c1-12(2)19(26)23-8-4-5-14(11-23)18(25)21-10-17(24)22-16-7-6-15(20)9-13(16)3/h6-7,9,12,14H,4-5,8,10-11H2,1-3H3,(H,21,25)(H,22,24). The SMILES string of the molecule is Cc1cc(Br)ccc1NC(=O)CNC(=O)C1CCCN(C(=O)C(C)C)C1. The number of benzene rings is 1. The van der Waals surface area contributed by atoms with Gasteiger partial charge in [-0.15, -0.1) is 0 Å². The van der Waals surface area contributed by atoms with Crippen molar-refractivity contribution in [3.63, 3.8) is 0 Å². The molecule has 26 heavy (non-hydrogen) atoms. The van der Waals surface area contributed by atoms with E-state index >= 15 is 0 Å². The number of anilines is 1. The Labute approximate surface area is 162 Å². The number of piperidine rings is 1. The maximum Gasteiger partial charge on any atom is 0.243 e. The van der Waals surface area contributed by atoms with E-state index < -0.39 is 0 Å². The second-order valence-corrected chi connectivity index (χ2v) is 7.92. The highest BCUT2D eigenvalue weighted by atomic mass is 79.9. The lowest BCUT2D eigenvalue weighted by Gasteiger charge is -2.33. The van der Waals surface area contributed by atoms with Gasteiger partial charge in [0.1, 0.15) is 0 Å². The molecule has 2 rings (SSSR count). The highest BCUT2D eigenvalue weighted by Gasteiger charge is 2.29. The fourth-order valence-corrected chi connectivity index (χ4v) is 3.51. The highest BCUT2D eigenvalue weighted by molar-refractivity contribution is 9.10. The van der Waals surface area contributed by atoms with Crippen LogP contribution in [0.25, 0.3) is 0 Å². The first-order valence-electron chi connectivity index (χ1n) is 8.90. The summed E-state index contributed by atoms with van der Waals surface area (Å²) in [6.45, 7) is 6.67. The van der Waals surface area contributed by atoms with Gasteiger partial charge >= 0.3 is 0 Å². The second kappa shape index (κ2) is 9.16. The number of carbonyl (C=O) groups excluding carboxylic acids is 3. The minimum absolute atomic E-state index is 0.0725. The fourth-order valence-electron chi connectivity index (χ4n) is 3.03. The molecular weight excluding hydrogens is 398 g/mol. The van der Waals surface area contributed by atoms with Gasteiger partial charge in [-0.3, -0.25) is 14.4 Å². The summed E-state index contributed by atoms with van der Waals surface area (Å²) >= 11 is 3.38. The van der Waals surface area contributed by atoms with E-state index in [1.54, 1.807) is 4.90 Å². The van der Waals surface area contributed by atoms with Gasteiger partial charge in [0, 0.05) is 29.2 Å². The third-order valence-electron chi connectivity index (χ3n) is 4.48. The average Bonchev–Trinajstić information content (AvgIpc) is 2.61. The zero-order valence-electron chi connectivity index (χ0n) is 15.5. The molecule has 6 nitrogen and oxygen atoms in total. The Kier molecular flexibility index (Phi) is 7.20. The van der Waals surface area contributed by atoms with E-state index in [1.165, 1.54) is 0 Å². The third kappa shape index (κ3) is 5.56. The van der Waals surface area contributed by atoms with Crippen molar-refractivity contribution in [3.8, 4) is 0 Å². The molecule has 0 aromatic heterocycles. The molecule has 3 amide bonds. The minimum Gasteiger partial charge on any atom is -0.347 e. The smallest absolute Gasteiger partial charge is 0.243 e. The molecule has 1 aromatic rings. The minimum atomic E-state index is -0.269. The van der Waals surface area contributed by atoms with Crippen molar-refractivity contribution in [2.24, 2.45) is 11.8 Å². The van der Waals surface area contributed by atoms with Crippen molar-refractivity contribution in [2.75, 3.05) is 25.0 Å². The first-order valence-corrected chi connectivity index (χ1v) is 9.69. The summed E-state index contributed by atoms with van der Waals surface area (Å²) < 4.78 is 0.944. The summed E-state index contributed by atoms with van der Waals surface area (Å²) in [5, 5.41) is 5.49. The quantitative estimate of drug-likeness (QED) is 0.763. The lowest BCUT2D eigenvalue weighted by Crippen LogP contribution is -2.47. The van der Waals surface area contributed by atoms with Crippen LogP contribution in [0.1, 0.15) is 32.3 Å². The van der Waals surface area contributed by atoms with E-state index in [-0.39, 0.29) is 36.1 Å². The molecule has 1 heterocycles. The van der Waals surface area contributed by atoms with Crippen LogP contribution in [0.4, 0.5) is 5.69 Å². The van der Waals surface area contributed by atoms with Gasteiger partial charge in [-0.2, -0.15) is 0 Å². The molecule has 1 aliphatic rings. The Morgan fingerprint density at radius 3 is 2.69 bits per heavy atom. The first-order chi connectivity index (χ1) is 12.3. The van der Waals surface area contributed by atoms with Crippen molar-refractivity contribution in [1.29, 1.82) is 0 Å². The monoisotopic (exact) mass is 423 g/mol. The van der Waals surface area contributed by atoms with Crippen LogP contribution in [0, 0.1) is 18.8 Å². The number of hydrogen-bond acceptors (Lipinski definition) is 3. The maximum atomic E-state index is 12.4. The molecule has 1 fully saturated rings. The molecule has 142 valence electrons. The average molecular weight is 424 g/mol. The largest absolute Gasteiger partial charge is 0.347 e. The molecule has 1 unspecified atom stereocenters. The predicted molar refractivity (Wildman–Crippen MR) is 105 cm³/mol. The molecule has 7 heteroatoms. The number of nitrogens with zero attached hydrogens (tertiary/aromatic N) is 1. The Morgan fingerprint density at radius 2 is 2.04 bits per heavy atom. The summed E-state index contributed by atoms with van der Waals surface area (Å²) in [6, 6.07) is 5.58. The van der Waals surface area contributed by atoms with E-state index in [0.29, 0.717) is 13.1 Å². The Morgan fingerprint density at radius 1 is 1.31 bits per heavy atom. The van der Waals surface area contributed by atoms with Crippen molar-refractivity contribution in [3.05, 3.63) is 28.2 Å². The van der Waals surface area contributed by atoms with E-state index in [9.17, 15) is 14.4 Å². The molecule has 1 atom stereocenters. The van der Waals surface area contributed by atoms with Crippen molar-refractivity contribution in [2.45, 2.75) is 33.6 Å². The first kappa shape index (κ1) is 20.4. The van der Waals surface area contributed by atoms with E-state index in [4.69, 9.17) is 0 Å². The number of hydrogen-bond donors (Lipinski definition) is 2. The van der Waals surface area contributed by atoms with Gasteiger partial charge < -0.3 is 15.5 Å². The molecule has 0 aliphatic carbocycles. The van der Waals surface area contributed by atoms with Crippen LogP contribution < -0.4 is 10.6 Å². The van der Waals surface area contributed by atoms with E-state index in [1.807, 2.05) is 39.0 Å². The molecule has 2 N–H and O–H groups in total. The molecule has 0 radical (unpaired) electrons. The molecule has 1 aromatic carbocycles. The Hall–Kier alpha value is -1.89. The van der Waals surface area contributed by atoms with Crippen LogP contribution in [-0.2, 0) is 14.4 Å². The molecule has 0 bridgehead atoms. The zero-order chi connectivity index (χ0) is 19.3. The Balaban J connectivity index is 1.83. The number of amides is 3. The highest BCUT2D eigenvalue weighted by Crippen LogP contribution is 2.20. The molecular formula is C19H26BrN3O3. The van der Waals surface area contributed by atoms with E-state index in [0.717, 1.165) is 28.6 Å². The lowest BCUT2D eigenvalue weighted by atomic mass is 9.96. The predicted octanol–water partition coefficient (Wildman–Crippen LogP) is 2.71. The summed E-state index contributed by atoms with van der Waals surface area (Å²) in [5.41, 5.74) is 1.66. The molecule has 1 saturated heterocycles. The van der Waals surface area contributed by atoms with Gasteiger partial charge in [0.05, 0.1) is 12.5 Å². The van der Waals surface area contributed by atoms with Crippen LogP contribution in [0.3, 0.4) is 0 Å². The topological polar surface area (TPSA) is 78.5 Å².